The number of thioether (sulfide) groups is 1. The van der Waals surface area contributed by atoms with Crippen molar-refractivity contribution in [3.63, 3.8) is 0 Å². The number of nitrogens with zero attached hydrogens (tertiary/aromatic N) is 1. The van der Waals surface area contributed by atoms with Crippen LogP contribution in [-0.4, -0.2) is 10.8 Å². The van der Waals surface area contributed by atoms with Gasteiger partial charge in [0.1, 0.15) is 0 Å². The molecule has 0 fully saturated rings. The van der Waals surface area contributed by atoms with E-state index in [1.165, 1.54) is 22.0 Å². The second-order valence-electron chi connectivity index (χ2n) is 3.84. The summed E-state index contributed by atoms with van der Waals surface area (Å²) in [4.78, 5) is 0. The van der Waals surface area contributed by atoms with Gasteiger partial charge in [-0.3, -0.25) is 0 Å². The summed E-state index contributed by atoms with van der Waals surface area (Å²) in [6.45, 7) is 5.45. The number of hydrogen-bond acceptors (Lipinski definition) is 1. The highest BCUT2D eigenvalue weighted by Crippen LogP contribution is 2.27. The third-order valence-corrected chi connectivity index (χ3v) is 3.43. The van der Waals surface area contributed by atoms with Gasteiger partial charge in [-0.15, -0.1) is 0 Å². The predicted octanol–water partition coefficient (Wildman–Crippen LogP) is 3.83. The minimum Gasteiger partial charge on any atom is -0.347 e. The molecule has 1 nitrogen and oxygen atoms in total. The molecule has 0 unspecified atom stereocenters. The monoisotopic (exact) mass is 219 g/mol. The van der Waals surface area contributed by atoms with Crippen LogP contribution in [-0.2, 0) is 12.3 Å². The molecule has 0 saturated heterocycles. The van der Waals surface area contributed by atoms with Gasteiger partial charge in [0.15, 0.2) is 0 Å². The zero-order valence-corrected chi connectivity index (χ0v) is 10.4. The molecule has 0 radical (unpaired) electrons. The van der Waals surface area contributed by atoms with E-state index in [1.54, 1.807) is 0 Å². The van der Waals surface area contributed by atoms with Crippen molar-refractivity contribution in [3.05, 3.63) is 35.5 Å². The lowest BCUT2D eigenvalue weighted by Gasteiger charge is -2.01. The molecule has 0 N–H and O–H groups in total. The summed E-state index contributed by atoms with van der Waals surface area (Å²) < 4.78 is 2.34. The Bertz CT molecular complexity index is 471. The summed E-state index contributed by atoms with van der Waals surface area (Å²) in [7, 11) is 0. The molecule has 0 bridgehead atoms. The third kappa shape index (κ3) is 1.78. The maximum Gasteiger partial charge on any atom is 0.0486 e. The molecule has 80 valence electrons. The Kier molecular flexibility index (Phi) is 3.06. The molecule has 0 aliphatic heterocycles. The van der Waals surface area contributed by atoms with Crippen LogP contribution in [0.25, 0.3) is 10.9 Å². The summed E-state index contributed by atoms with van der Waals surface area (Å²) in [5.41, 5.74) is 4.24. The second kappa shape index (κ2) is 4.31. The van der Waals surface area contributed by atoms with Gasteiger partial charge in [0.2, 0.25) is 0 Å². The van der Waals surface area contributed by atoms with Crippen molar-refractivity contribution in [3.8, 4) is 0 Å². The van der Waals surface area contributed by atoms with E-state index < -0.39 is 0 Å². The molecular formula is C13H17NS. The van der Waals surface area contributed by atoms with Crippen LogP contribution in [0.4, 0.5) is 0 Å². The molecule has 0 saturated carbocycles. The fourth-order valence-corrected chi connectivity index (χ4v) is 2.69. The van der Waals surface area contributed by atoms with Gasteiger partial charge in [-0.1, -0.05) is 12.1 Å². The van der Waals surface area contributed by atoms with Crippen molar-refractivity contribution in [2.45, 2.75) is 26.1 Å². The Morgan fingerprint density at radius 1 is 1.33 bits per heavy atom. The molecular weight excluding hydrogens is 202 g/mol. The second-order valence-corrected chi connectivity index (χ2v) is 4.71. The van der Waals surface area contributed by atoms with E-state index >= 15 is 0 Å². The third-order valence-electron chi connectivity index (χ3n) is 2.83. The topological polar surface area (TPSA) is 4.93 Å². The van der Waals surface area contributed by atoms with Crippen molar-refractivity contribution in [2.75, 3.05) is 6.26 Å². The van der Waals surface area contributed by atoms with E-state index in [4.69, 9.17) is 0 Å². The minimum atomic E-state index is 1.05. The summed E-state index contributed by atoms with van der Waals surface area (Å²) in [5.74, 6) is 1.11. The van der Waals surface area contributed by atoms with Gasteiger partial charge >= 0.3 is 0 Å². The quantitative estimate of drug-likeness (QED) is 0.759. The number of fused-ring (bicyclic) bond motifs is 1. The summed E-state index contributed by atoms with van der Waals surface area (Å²) >= 11 is 1.89. The first kappa shape index (κ1) is 10.6. The average Bonchev–Trinajstić information content (AvgIpc) is 2.59. The van der Waals surface area contributed by atoms with Crippen LogP contribution in [0.3, 0.4) is 0 Å². The highest BCUT2D eigenvalue weighted by Gasteiger charge is 2.08. The number of aryl methyl sites for hydroxylation is 2. The number of aromatic nitrogens is 1. The molecule has 1 heterocycles. The molecule has 2 rings (SSSR count). The maximum atomic E-state index is 2.34. The van der Waals surface area contributed by atoms with Gasteiger partial charge in [0, 0.05) is 29.4 Å². The summed E-state index contributed by atoms with van der Waals surface area (Å²) in [6, 6.07) is 6.56. The first-order chi connectivity index (χ1) is 7.27. The number of benzene rings is 1. The lowest BCUT2D eigenvalue weighted by Crippen LogP contribution is -1.90. The van der Waals surface area contributed by atoms with Gasteiger partial charge in [0.05, 0.1) is 0 Å². The molecule has 0 atom stereocenters. The van der Waals surface area contributed by atoms with E-state index in [-0.39, 0.29) is 0 Å². The first-order valence-corrected chi connectivity index (χ1v) is 6.73. The normalized spacial score (nSPS) is 11.1. The Morgan fingerprint density at radius 3 is 2.80 bits per heavy atom. The van der Waals surface area contributed by atoms with Crippen molar-refractivity contribution in [1.29, 1.82) is 0 Å². The van der Waals surface area contributed by atoms with Crippen LogP contribution in [0, 0.1) is 6.92 Å². The fraction of sp³-hybridized carbons (Fsp3) is 0.385. The van der Waals surface area contributed by atoms with Crippen LogP contribution in [0.2, 0.25) is 0 Å². The molecule has 0 aliphatic carbocycles. The Labute approximate surface area is 95.5 Å². The highest BCUT2D eigenvalue weighted by atomic mass is 32.2. The SMILES string of the molecule is CCn1cc(CSC)c2c(C)cccc21. The number of hydrogen-bond donors (Lipinski definition) is 0. The van der Waals surface area contributed by atoms with Gasteiger partial charge < -0.3 is 4.57 Å². The van der Waals surface area contributed by atoms with Crippen LogP contribution in [0.5, 0.6) is 0 Å². The first-order valence-electron chi connectivity index (χ1n) is 5.34. The van der Waals surface area contributed by atoms with E-state index in [9.17, 15) is 0 Å². The molecule has 2 aromatic rings. The molecule has 0 amide bonds. The average molecular weight is 219 g/mol. The van der Waals surface area contributed by atoms with Crippen molar-refractivity contribution in [1.82, 2.24) is 4.57 Å². The Morgan fingerprint density at radius 2 is 2.13 bits per heavy atom. The molecule has 1 aromatic carbocycles. The van der Waals surface area contributed by atoms with Crippen LogP contribution < -0.4 is 0 Å². The van der Waals surface area contributed by atoms with Crippen molar-refractivity contribution >= 4 is 22.7 Å². The molecule has 15 heavy (non-hydrogen) atoms. The van der Waals surface area contributed by atoms with E-state index in [0.717, 1.165) is 12.3 Å². The van der Waals surface area contributed by atoms with Crippen molar-refractivity contribution < 1.29 is 0 Å². The van der Waals surface area contributed by atoms with Gasteiger partial charge in [0.25, 0.3) is 0 Å². The van der Waals surface area contributed by atoms with E-state index in [2.05, 4.69) is 49.1 Å². The van der Waals surface area contributed by atoms with Crippen LogP contribution in [0.15, 0.2) is 24.4 Å². The van der Waals surface area contributed by atoms with Gasteiger partial charge in [-0.05, 0) is 37.3 Å². The predicted molar refractivity (Wildman–Crippen MR) is 69.6 cm³/mol. The molecule has 0 aliphatic rings. The lowest BCUT2D eigenvalue weighted by molar-refractivity contribution is 0.795. The van der Waals surface area contributed by atoms with E-state index in [1.807, 2.05) is 11.8 Å². The lowest BCUT2D eigenvalue weighted by atomic mass is 10.1. The minimum absolute atomic E-state index is 1.05. The molecule has 1 aromatic heterocycles. The van der Waals surface area contributed by atoms with Gasteiger partial charge in [-0.2, -0.15) is 11.8 Å². The summed E-state index contributed by atoms with van der Waals surface area (Å²) in [6.07, 6.45) is 4.46. The highest BCUT2D eigenvalue weighted by molar-refractivity contribution is 7.97. The van der Waals surface area contributed by atoms with Crippen molar-refractivity contribution in [2.24, 2.45) is 0 Å². The van der Waals surface area contributed by atoms with Gasteiger partial charge in [-0.25, -0.2) is 0 Å². The van der Waals surface area contributed by atoms with Crippen LogP contribution >= 0.6 is 11.8 Å². The molecule has 2 heteroatoms. The van der Waals surface area contributed by atoms with E-state index in [0.29, 0.717) is 0 Å². The summed E-state index contributed by atoms with van der Waals surface area (Å²) in [5, 5.41) is 1.45. The van der Waals surface area contributed by atoms with Crippen LogP contribution in [0.1, 0.15) is 18.1 Å². The zero-order valence-electron chi connectivity index (χ0n) is 9.58. The Hall–Kier alpha value is -0.890. The fourth-order valence-electron chi connectivity index (χ4n) is 2.16. The maximum absolute atomic E-state index is 2.34. The zero-order chi connectivity index (χ0) is 10.8. The Balaban J connectivity index is 2.70. The smallest absolute Gasteiger partial charge is 0.0486 e. The largest absolute Gasteiger partial charge is 0.347 e. The molecule has 0 spiro atoms. The number of rotatable bonds is 3. The standard InChI is InChI=1S/C13H17NS/c1-4-14-8-11(9-15-3)13-10(2)6-5-7-12(13)14/h5-8H,4,9H2,1-3H3.